The van der Waals surface area contributed by atoms with Gasteiger partial charge in [-0.1, -0.05) is 6.42 Å². The van der Waals surface area contributed by atoms with E-state index in [4.69, 9.17) is 0 Å². The third-order valence-electron chi connectivity index (χ3n) is 7.06. The number of aromatic amines is 2. The number of nitrogens with zero attached hydrogens (tertiary/aromatic N) is 4. The Morgan fingerprint density at radius 2 is 1.95 bits per heavy atom. The van der Waals surface area contributed by atoms with Gasteiger partial charge in [-0.25, -0.2) is 9.37 Å². The molecule has 5 heterocycles. The number of aliphatic hydroxyl groups is 1. The van der Waals surface area contributed by atoms with Crippen LogP contribution >= 0.6 is 11.3 Å². The summed E-state index contributed by atoms with van der Waals surface area (Å²) < 4.78 is 29.7. The molecule has 6 aromatic rings. The molecule has 1 aliphatic carbocycles. The van der Waals surface area contributed by atoms with Crippen molar-refractivity contribution in [3.63, 3.8) is 0 Å². The Balaban J connectivity index is 1.29. The highest BCUT2D eigenvalue weighted by Gasteiger charge is 2.26. The molecular weight excluding hydrogens is 508 g/mol. The lowest BCUT2D eigenvalue weighted by molar-refractivity contribution is 0.0851. The zero-order chi connectivity index (χ0) is 25.8. The molecule has 1 atom stereocenters. The first-order valence-corrected chi connectivity index (χ1v) is 13.0. The molecule has 1 fully saturated rings. The molecule has 1 aliphatic rings. The van der Waals surface area contributed by atoms with Crippen molar-refractivity contribution in [2.75, 3.05) is 5.32 Å². The number of anilines is 1. The van der Waals surface area contributed by atoms with E-state index >= 15 is 4.39 Å². The first-order valence-electron chi connectivity index (χ1n) is 12.2. The SMILES string of the molecule is OC(Nc1cncc(-c2ccc3[nH]nc(-c4nc5c(-c6ccc(F)s6)nccc5[nH]4)c3c2F)c1)C1CCC1. The second kappa shape index (κ2) is 8.96. The highest BCUT2D eigenvalue weighted by Crippen LogP contribution is 2.36. The molecule has 0 amide bonds. The number of benzene rings is 1. The van der Waals surface area contributed by atoms with Gasteiger partial charge in [0.2, 0.25) is 0 Å². The van der Waals surface area contributed by atoms with Gasteiger partial charge in [0.1, 0.15) is 28.9 Å². The third kappa shape index (κ3) is 3.82. The van der Waals surface area contributed by atoms with E-state index < -0.39 is 12.0 Å². The summed E-state index contributed by atoms with van der Waals surface area (Å²) in [5.41, 5.74) is 4.14. The number of thiophene rings is 1. The number of imidazole rings is 1. The number of hydrogen-bond donors (Lipinski definition) is 4. The molecule has 4 N–H and O–H groups in total. The summed E-state index contributed by atoms with van der Waals surface area (Å²) in [6.07, 6.45) is 7.25. The minimum atomic E-state index is -0.660. The molecule has 0 aliphatic heterocycles. The molecule has 190 valence electrons. The number of fused-ring (bicyclic) bond motifs is 2. The zero-order valence-corrected chi connectivity index (χ0v) is 20.7. The number of rotatable bonds is 6. The minimum absolute atomic E-state index is 0.221. The summed E-state index contributed by atoms with van der Waals surface area (Å²) in [5, 5.41) is 20.7. The van der Waals surface area contributed by atoms with Gasteiger partial charge in [-0.05, 0) is 49.2 Å². The smallest absolute Gasteiger partial charge is 0.177 e. The van der Waals surface area contributed by atoms with Crippen LogP contribution in [0.4, 0.5) is 14.5 Å². The van der Waals surface area contributed by atoms with Crippen LogP contribution in [0.5, 0.6) is 0 Å². The predicted octanol–water partition coefficient (Wildman–Crippen LogP) is 6.10. The number of aliphatic hydroxyl groups excluding tert-OH is 1. The van der Waals surface area contributed by atoms with E-state index in [1.807, 2.05) is 0 Å². The molecule has 7 rings (SSSR count). The van der Waals surface area contributed by atoms with Crippen LogP contribution in [0.25, 0.3) is 55.2 Å². The number of halogens is 2. The quantitative estimate of drug-likeness (QED) is 0.194. The Morgan fingerprint density at radius 3 is 2.74 bits per heavy atom. The largest absolute Gasteiger partial charge is 0.374 e. The molecule has 5 aromatic heterocycles. The number of pyridine rings is 2. The highest BCUT2D eigenvalue weighted by molar-refractivity contribution is 7.13. The zero-order valence-electron chi connectivity index (χ0n) is 19.9. The van der Waals surface area contributed by atoms with Gasteiger partial charge in [0.05, 0.1) is 33.2 Å². The summed E-state index contributed by atoms with van der Waals surface area (Å²) in [4.78, 5) is 17.2. The first kappa shape index (κ1) is 22.9. The van der Waals surface area contributed by atoms with E-state index in [9.17, 15) is 9.50 Å². The topological polar surface area (TPSA) is 115 Å². The second-order valence-corrected chi connectivity index (χ2v) is 10.4. The summed E-state index contributed by atoms with van der Waals surface area (Å²) in [5.74, 6) is 0.119. The molecule has 1 saturated carbocycles. The van der Waals surface area contributed by atoms with Crippen LogP contribution in [-0.4, -0.2) is 41.5 Å². The summed E-state index contributed by atoms with van der Waals surface area (Å²) in [6.45, 7) is 0. The van der Waals surface area contributed by atoms with Crippen molar-refractivity contribution in [2.24, 2.45) is 5.92 Å². The highest BCUT2D eigenvalue weighted by atomic mass is 32.1. The average Bonchev–Trinajstić information content (AvgIpc) is 3.61. The van der Waals surface area contributed by atoms with Gasteiger partial charge in [-0.2, -0.15) is 9.49 Å². The predicted molar refractivity (Wildman–Crippen MR) is 142 cm³/mol. The van der Waals surface area contributed by atoms with Crippen molar-refractivity contribution >= 4 is 39.0 Å². The summed E-state index contributed by atoms with van der Waals surface area (Å²) in [6, 6.07) is 10.0. The number of H-pyrrole nitrogens is 2. The van der Waals surface area contributed by atoms with Crippen molar-refractivity contribution in [1.82, 2.24) is 30.1 Å². The van der Waals surface area contributed by atoms with Crippen LogP contribution in [0.15, 0.2) is 55.0 Å². The molecule has 1 unspecified atom stereocenters. The average molecular weight is 530 g/mol. The molecule has 38 heavy (non-hydrogen) atoms. The molecule has 8 nitrogen and oxygen atoms in total. The Hall–Kier alpha value is -4.22. The fraction of sp³-hybridized carbons (Fsp3) is 0.185. The summed E-state index contributed by atoms with van der Waals surface area (Å²) in [7, 11) is 0. The van der Waals surface area contributed by atoms with Gasteiger partial charge in [0, 0.05) is 29.4 Å². The summed E-state index contributed by atoms with van der Waals surface area (Å²) >= 11 is 0.986. The van der Waals surface area contributed by atoms with Crippen molar-refractivity contribution in [1.29, 1.82) is 0 Å². The standard InChI is InChI=1S/C27H21F2N7OS/c28-20-7-6-19(38-20)24-23-18(8-9-31-24)33-26(34-23)25-21-17(35-36-25)5-4-16(22(21)29)14-10-15(12-30-11-14)32-27(37)13-2-1-3-13/h4-13,27,32,37H,1-3H2,(H,33,34)(H,35,36). The Morgan fingerprint density at radius 1 is 1.05 bits per heavy atom. The Kier molecular flexibility index (Phi) is 5.41. The lowest BCUT2D eigenvalue weighted by atomic mass is 9.84. The van der Waals surface area contributed by atoms with Crippen molar-refractivity contribution in [3.8, 4) is 33.2 Å². The van der Waals surface area contributed by atoms with Gasteiger partial charge < -0.3 is 15.4 Å². The van der Waals surface area contributed by atoms with Crippen molar-refractivity contribution < 1.29 is 13.9 Å². The van der Waals surface area contributed by atoms with Crippen molar-refractivity contribution in [2.45, 2.75) is 25.5 Å². The van der Waals surface area contributed by atoms with Crippen molar-refractivity contribution in [3.05, 3.63) is 65.9 Å². The molecular formula is C27H21F2N7OS. The van der Waals surface area contributed by atoms with E-state index in [1.54, 1.807) is 48.9 Å². The van der Waals surface area contributed by atoms with E-state index in [0.29, 0.717) is 55.5 Å². The number of nitrogens with one attached hydrogen (secondary N) is 3. The van der Waals surface area contributed by atoms with Gasteiger partial charge in [-0.15, -0.1) is 11.3 Å². The Bertz CT molecular complexity index is 1810. The second-order valence-electron chi connectivity index (χ2n) is 9.41. The molecule has 0 spiro atoms. The van der Waals surface area contributed by atoms with Crippen LogP contribution < -0.4 is 5.32 Å². The van der Waals surface area contributed by atoms with Gasteiger partial charge in [0.25, 0.3) is 0 Å². The molecule has 11 heteroatoms. The molecule has 0 saturated heterocycles. The third-order valence-corrected chi connectivity index (χ3v) is 7.94. The number of aromatic nitrogens is 6. The molecule has 0 radical (unpaired) electrons. The van der Waals surface area contributed by atoms with Gasteiger partial charge >= 0.3 is 0 Å². The number of hydrogen-bond acceptors (Lipinski definition) is 7. The van der Waals surface area contributed by atoms with Gasteiger partial charge in [0.15, 0.2) is 11.0 Å². The lowest BCUT2D eigenvalue weighted by Gasteiger charge is -2.31. The first-order chi connectivity index (χ1) is 18.5. The fourth-order valence-electron chi connectivity index (χ4n) is 4.85. The maximum Gasteiger partial charge on any atom is 0.177 e. The molecule has 1 aromatic carbocycles. The van der Waals surface area contributed by atoms with E-state index in [0.717, 1.165) is 30.6 Å². The van der Waals surface area contributed by atoms with Crippen LogP contribution in [0.1, 0.15) is 19.3 Å². The normalized spacial score (nSPS) is 14.7. The van der Waals surface area contributed by atoms with E-state index in [1.165, 1.54) is 6.07 Å². The van der Waals surface area contributed by atoms with Crippen LogP contribution in [0.2, 0.25) is 0 Å². The van der Waals surface area contributed by atoms with Crippen LogP contribution in [-0.2, 0) is 0 Å². The Labute approximate surface area is 218 Å². The maximum absolute atomic E-state index is 16.1. The lowest BCUT2D eigenvalue weighted by Crippen LogP contribution is -2.33. The monoisotopic (exact) mass is 529 g/mol. The van der Waals surface area contributed by atoms with E-state index in [2.05, 4.69) is 35.5 Å². The fourth-order valence-corrected chi connectivity index (χ4v) is 5.58. The van der Waals surface area contributed by atoms with E-state index in [-0.39, 0.29) is 16.4 Å². The maximum atomic E-state index is 16.1. The van der Waals surface area contributed by atoms with Gasteiger partial charge in [-0.3, -0.25) is 15.1 Å². The molecule has 0 bridgehead atoms. The van der Waals surface area contributed by atoms with Crippen LogP contribution in [0.3, 0.4) is 0 Å². The van der Waals surface area contributed by atoms with Crippen LogP contribution in [0, 0.1) is 16.9 Å². The minimum Gasteiger partial charge on any atom is -0.374 e.